The van der Waals surface area contributed by atoms with E-state index >= 15 is 0 Å². The van der Waals surface area contributed by atoms with Crippen LogP contribution in [0.3, 0.4) is 0 Å². The third-order valence-corrected chi connectivity index (χ3v) is 2.72. The van der Waals surface area contributed by atoms with Crippen LogP contribution in [0.2, 0.25) is 5.02 Å². The lowest BCUT2D eigenvalue weighted by molar-refractivity contribution is 0.632. The standard InChI is InChI=1S/C13H9ClFN3/c14-9-2-1-3-10(15)13(9)18-12-6-8(7-16)4-5-11(12)17/h1-6,18H,17H2. The number of para-hydroxylation sites is 1. The summed E-state index contributed by atoms with van der Waals surface area (Å²) in [6.07, 6.45) is 0. The lowest BCUT2D eigenvalue weighted by Gasteiger charge is -2.11. The van der Waals surface area contributed by atoms with Crippen molar-refractivity contribution in [1.29, 1.82) is 5.26 Å². The van der Waals surface area contributed by atoms with Gasteiger partial charge >= 0.3 is 0 Å². The van der Waals surface area contributed by atoms with E-state index in [0.717, 1.165) is 0 Å². The van der Waals surface area contributed by atoms with E-state index in [1.54, 1.807) is 18.2 Å². The molecule has 0 atom stereocenters. The van der Waals surface area contributed by atoms with Crippen molar-refractivity contribution in [2.75, 3.05) is 11.1 Å². The summed E-state index contributed by atoms with van der Waals surface area (Å²) in [5.41, 5.74) is 7.18. The van der Waals surface area contributed by atoms with Crippen molar-refractivity contribution in [3.05, 3.63) is 52.8 Å². The number of nitrogens with one attached hydrogen (secondary N) is 1. The second-order valence-corrected chi connectivity index (χ2v) is 4.04. The number of benzene rings is 2. The van der Waals surface area contributed by atoms with Crippen LogP contribution in [0.15, 0.2) is 36.4 Å². The lowest BCUT2D eigenvalue weighted by atomic mass is 10.2. The second kappa shape index (κ2) is 4.94. The van der Waals surface area contributed by atoms with Gasteiger partial charge in [0.15, 0.2) is 0 Å². The number of nitrogens with two attached hydrogens (primary N) is 1. The molecule has 3 nitrogen and oxygen atoms in total. The Morgan fingerprint density at radius 1 is 1.28 bits per heavy atom. The Kier molecular flexibility index (Phi) is 3.35. The largest absolute Gasteiger partial charge is 0.397 e. The van der Waals surface area contributed by atoms with Gasteiger partial charge in [0.25, 0.3) is 0 Å². The summed E-state index contributed by atoms with van der Waals surface area (Å²) in [4.78, 5) is 0. The zero-order valence-corrected chi connectivity index (χ0v) is 10.0. The summed E-state index contributed by atoms with van der Waals surface area (Å²) in [6.45, 7) is 0. The summed E-state index contributed by atoms with van der Waals surface area (Å²) in [5, 5.41) is 11.9. The molecule has 2 aromatic rings. The molecule has 3 N–H and O–H groups in total. The van der Waals surface area contributed by atoms with Crippen LogP contribution in [0, 0.1) is 17.1 Å². The van der Waals surface area contributed by atoms with E-state index < -0.39 is 5.82 Å². The molecule has 0 aliphatic rings. The smallest absolute Gasteiger partial charge is 0.148 e. The fraction of sp³-hybridized carbons (Fsp3) is 0. The van der Waals surface area contributed by atoms with E-state index in [1.807, 2.05) is 6.07 Å². The molecule has 0 saturated carbocycles. The molecule has 0 unspecified atom stereocenters. The van der Waals surface area contributed by atoms with Crippen LogP contribution in [0.5, 0.6) is 0 Å². The first-order chi connectivity index (χ1) is 8.61. The first-order valence-corrected chi connectivity index (χ1v) is 5.50. The van der Waals surface area contributed by atoms with Gasteiger partial charge in [-0.3, -0.25) is 0 Å². The van der Waals surface area contributed by atoms with Crippen LogP contribution in [-0.2, 0) is 0 Å². The molecule has 0 radical (unpaired) electrons. The minimum Gasteiger partial charge on any atom is -0.397 e. The van der Waals surface area contributed by atoms with Crippen LogP contribution in [0.25, 0.3) is 0 Å². The Balaban J connectivity index is 2.43. The topological polar surface area (TPSA) is 61.8 Å². The Morgan fingerprint density at radius 2 is 2.06 bits per heavy atom. The van der Waals surface area contributed by atoms with E-state index in [-0.39, 0.29) is 10.7 Å². The van der Waals surface area contributed by atoms with Crippen LogP contribution >= 0.6 is 11.6 Å². The van der Waals surface area contributed by atoms with E-state index in [4.69, 9.17) is 22.6 Å². The predicted molar refractivity (Wildman–Crippen MR) is 70.3 cm³/mol. The highest BCUT2D eigenvalue weighted by atomic mass is 35.5. The first-order valence-electron chi connectivity index (χ1n) is 5.12. The van der Waals surface area contributed by atoms with E-state index in [9.17, 15) is 4.39 Å². The monoisotopic (exact) mass is 261 g/mol. The summed E-state index contributed by atoms with van der Waals surface area (Å²) in [6, 6.07) is 11.1. The zero-order chi connectivity index (χ0) is 13.1. The minimum atomic E-state index is -0.482. The highest BCUT2D eigenvalue weighted by Crippen LogP contribution is 2.30. The van der Waals surface area contributed by atoms with Gasteiger partial charge in [-0.2, -0.15) is 5.26 Å². The molecule has 0 heterocycles. The Labute approximate surface area is 109 Å². The predicted octanol–water partition coefficient (Wildman–Crippen LogP) is 3.68. The molecular formula is C13H9ClFN3. The maximum Gasteiger partial charge on any atom is 0.148 e. The number of nitrogen functional groups attached to an aromatic ring is 1. The van der Waals surface area contributed by atoms with E-state index in [2.05, 4.69) is 5.32 Å². The van der Waals surface area contributed by atoms with Crippen molar-refractivity contribution in [3.63, 3.8) is 0 Å². The van der Waals surface area contributed by atoms with Gasteiger partial charge in [-0.15, -0.1) is 0 Å². The van der Waals surface area contributed by atoms with Gasteiger partial charge < -0.3 is 11.1 Å². The molecule has 0 aliphatic carbocycles. The third-order valence-electron chi connectivity index (χ3n) is 2.40. The number of hydrogen-bond acceptors (Lipinski definition) is 3. The summed E-state index contributed by atoms with van der Waals surface area (Å²) in [7, 11) is 0. The SMILES string of the molecule is N#Cc1ccc(N)c(Nc2c(F)cccc2Cl)c1. The average Bonchev–Trinajstić information content (AvgIpc) is 2.36. The third kappa shape index (κ3) is 2.36. The van der Waals surface area contributed by atoms with Crippen LogP contribution in [0.4, 0.5) is 21.5 Å². The highest BCUT2D eigenvalue weighted by molar-refractivity contribution is 6.33. The second-order valence-electron chi connectivity index (χ2n) is 3.64. The molecular weight excluding hydrogens is 253 g/mol. The van der Waals surface area contributed by atoms with Crippen LogP contribution in [0.1, 0.15) is 5.56 Å². The van der Waals surface area contributed by atoms with Gasteiger partial charge in [-0.25, -0.2) is 4.39 Å². The zero-order valence-electron chi connectivity index (χ0n) is 9.24. The molecule has 90 valence electrons. The number of rotatable bonds is 2. The van der Waals surface area contributed by atoms with Crippen molar-refractivity contribution in [2.45, 2.75) is 0 Å². The average molecular weight is 262 g/mol. The molecule has 18 heavy (non-hydrogen) atoms. The first kappa shape index (κ1) is 12.2. The molecule has 2 aromatic carbocycles. The summed E-state index contributed by atoms with van der Waals surface area (Å²) >= 11 is 5.90. The molecule has 0 spiro atoms. The fourth-order valence-corrected chi connectivity index (χ4v) is 1.70. The van der Waals surface area contributed by atoms with Gasteiger partial charge in [0.1, 0.15) is 5.82 Å². The number of halogens is 2. The molecule has 0 bridgehead atoms. The number of nitriles is 1. The van der Waals surface area contributed by atoms with E-state index in [0.29, 0.717) is 16.9 Å². The Hall–Kier alpha value is -2.25. The highest BCUT2D eigenvalue weighted by Gasteiger charge is 2.09. The quantitative estimate of drug-likeness (QED) is 0.811. The number of nitrogens with zero attached hydrogens (tertiary/aromatic N) is 1. The van der Waals surface area contributed by atoms with Gasteiger partial charge in [0.2, 0.25) is 0 Å². The lowest BCUT2D eigenvalue weighted by Crippen LogP contribution is -1.99. The fourth-order valence-electron chi connectivity index (χ4n) is 1.49. The molecule has 5 heteroatoms. The van der Waals surface area contributed by atoms with Crippen molar-refractivity contribution in [1.82, 2.24) is 0 Å². The summed E-state index contributed by atoms with van der Waals surface area (Å²) in [5.74, 6) is -0.482. The molecule has 0 amide bonds. The Morgan fingerprint density at radius 3 is 2.72 bits per heavy atom. The van der Waals surface area contributed by atoms with Gasteiger partial charge in [-0.1, -0.05) is 17.7 Å². The molecule has 0 saturated heterocycles. The van der Waals surface area contributed by atoms with Crippen LogP contribution in [-0.4, -0.2) is 0 Å². The van der Waals surface area contributed by atoms with Crippen molar-refractivity contribution in [3.8, 4) is 6.07 Å². The molecule has 0 aliphatic heterocycles. The van der Waals surface area contributed by atoms with Gasteiger partial charge in [-0.05, 0) is 30.3 Å². The number of hydrogen-bond donors (Lipinski definition) is 2. The molecule has 0 fully saturated rings. The van der Waals surface area contributed by atoms with Crippen molar-refractivity contribution < 1.29 is 4.39 Å². The van der Waals surface area contributed by atoms with E-state index in [1.165, 1.54) is 18.2 Å². The van der Waals surface area contributed by atoms with Crippen molar-refractivity contribution in [2.24, 2.45) is 0 Å². The van der Waals surface area contributed by atoms with Crippen LogP contribution < -0.4 is 11.1 Å². The number of anilines is 3. The molecule has 0 aromatic heterocycles. The van der Waals surface area contributed by atoms with Gasteiger partial charge in [0.05, 0.1) is 33.7 Å². The summed E-state index contributed by atoms with van der Waals surface area (Å²) < 4.78 is 13.6. The Bertz CT molecular complexity index is 614. The van der Waals surface area contributed by atoms with Crippen molar-refractivity contribution >= 4 is 28.7 Å². The maximum absolute atomic E-state index is 13.6. The molecule has 2 rings (SSSR count). The normalized spacial score (nSPS) is 9.83. The maximum atomic E-state index is 13.6. The minimum absolute atomic E-state index is 0.140. The van der Waals surface area contributed by atoms with Gasteiger partial charge in [0, 0.05) is 0 Å².